The summed E-state index contributed by atoms with van der Waals surface area (Å²) >= 11 is 0. The quantitative estimate of drug-likeness (QED) is 0.353. The van der Waals surface area contributed by atoms with Crippen molar-refractivity contribution in [1.82, 2.24) is 4.90 Å². The molecule has 0 atom stereocenters. The highest BCUT2D eigenvalue weighted by Crippen LogP contribution is 2.43. The van der Waals surface area contributed by atoms with Crippen molar-refractivity contribution in [3.8, 4) is 0 Å². The minimum absolute atomic E-state index is 0.0556. The number of allylic oxidation sites excluding steroid dienone is 2. The van der Waals surface area contributed by atoms with Gasteiger partial charge in [0, 0.05) is 36.4 Å². The molecule has 32 heavy (non-hydrogen) atoms. The molecule has 162 valence electrons. The van der Waals surface area contributed by atoms with E-state index in [0.717, 1.165) is 36.4 Å². The molecule has 0 saturated heterocycles. The lowest BCUT2D eigenvalue weighted by Gasteiger charge is -2.17. The summed E-state index contributed by atoms with van der Waals surface area (Å²) in [6, 6.07) is 5.98. The topological polar surface area (TPSA) is 176 Å². The van der Waals surface area contributed by atoms with E-state index in [0.29, 0.717) is 12.1 Å². The van der Waals surface area contributed by atoms with Gasteiger partial charge in [0.25, 0.3) is 22.7 Å². The molecule has 0 fully saturated rings. The van der Waals surface area contributed by atoms with E-state index in [1.54, 1.807) is 24.1 Å². The van der Waals surface area contributed by atoms with Crippen LogP contribution in [0, 0.1) is 46.7 Å². The molecule has 0 aromatic heterocycles. The molecule has 2 aromatic carbocycles. The van der Waals surface area contributed by atoms with Crippen LogP contribution in [-0.2, 0) is 0 Å². The van der Waals surface area contributed by atoms with E-state index in [1.165, 1.54) is 0 Å². The normalized spacial score (nSPS) is 12.8. The molecule has 0 N–H and O–H groups in total. The van der Waals surface area contributed by atoms with E-state index in [9.17, 15) is 40.5 Å². The van der Waals surface area contributed by atoms with Gasteiger partial charge in [-0.15, -0.1) is 0 Å². The van der Waals surface area contributed by atoms with Crippen LogP contribution in [0.3, 0.4) is 0 Å². The van der Waals surface area contributed by atoms with Gasteiger partial charge < -0.3 is 0 Å². The zero-order chi connectivity index (χ0) is 23.6. The number of rotatable bonds is 7. The first-order valence-corrected chi connectivity index (χ1v) is 8.96. The van der Waals surface area contributed by atoms with Crippen LogP contribution >= 0.6 is 0 Å². The lowest BCUT2D eigenvalue weighted by molar-refractivity contribution is -0.395. The molecule has 0 spiro atoms. The van der Waals surface area contributed by atoms with Crippen molar-refractivity contribution < 1.29 is 19.7 Å². The Hall–Kier alpha value is -4.77. The molecule has 1 aliphatic rings. The van der Waals surface area contributed by atoms with Gasteiger partial charge in [-0.25, -0.2) is 0 Å². The predicted molar refractivity (Wildman–Crippen MR) is 110 cm³/mol. The predicted octanol–water partition coefficient (Wildman–Crippen LogP) is 3.64. The smallest absolute Gasteiger partial charge is 0.258 e. The van der Waals surface area contributed by atoms with Gasteiger partial charge in [0.1, 0.15) is 0 Å². The summed E-state index contributed by atoms with van der Waals surface area (Å²) in [7, 11) is 1.68. The van der Waals surface area contributed by atoms with Crippen molar-refractivity contribution in [2.45, 2.75) is 5.92 Å². The summed E-state index contributed by atoms with van der Waals surface area (Å²) in [5.41, 5.74) is -2.08. The third kappa shape index (κ3) is 4.22. The number of nitro groups is 4. The van der Waals surface area contributed by atoms with Gasteiger partial charge in [-0.05, 0) is 12.1 Å². The van der Waals surface area contributed by atoms with E-state index in [1.807, 2.05) is 0 Å². The molecule has 13 heteroatoms. The lowest BCUT2D eigenvalue weighted by Crippen LogP contribution is -2.19. The van der Waals surface area contributed by atoms with E-state index in [2.05, 4.69) is 6.20 Å². The second-order valence-electron chi connectivity index (χ2n) is 6.80. The highest BCUT2D eigenvalue weighted by Gasteiger charge is 2.38. The Labute approximate surface area is 179 Å². The molecule has 0 unspecified atom stereocenters. The van der Waals surface area contributed by atoms with Crippen molar-refractivity contribution in [2.75, 3.05) is 13.6 Å². The third-order valence-electron chi connectivity index (χ3n) is 4.77. The Morgan fingerprint density at radius 3 is 1.66 bits per heavy atom. The molecule has 0 aliphatic carbocycles. The second-order valence-corrected chi connectivity index (χ2v) is 6.80. The standard InChI is InChI=1S/C19H14N5O8/c1-20-8-2-3-12(11-20)19(15-6-4-13(21(25)26)9-17(15)23(29)30)16-7-5-14(22(27)28)10-18(16)24(31)32/h2-7,9-10,19H,8H2,1H3/q+1. The van der Waals surface area contributed by atoms with Crippen LogP contribution < -0.4 is 0 Å². The van der Waals surface area contributed by atoms with Crippen molar-refractivity contribution in [3.63, 3.8) is 0 Å². The number of nitrogens with zero attached hydrogens (tertiary/aromatic N) is 5. The lowest BCUT2D eigenvalue weighted by atomic mass is 9.82. The van der Waals surface area contributed by atoms with Crippen molar-refractivity contribution in [1.29, 1.82) is 0 Å². The molecular formula is C19H14N5O8+. The molecule has 0 saturated carbocycles. The molecule has 13 nitrogen and oxygen atoms in total. The third-order valence-corrected chi connectivity index (χ3v) is 4.77. The first-order chi connectivity index (χ1) is 15.1. The largest absolute Gasteiger partial charge is 0.280 e. The van der Waals surface area contributed by atoms with Gasteiger partial charge in [-0.2, -0.15) is 0 Å². The number of hydrogen-bond donors (Lipinski definition) is 0. The summed E-state index contributed by atoms with van der Waals surface area (Å²) in [5.74, 6) is -1.14. The van der Waals surface area contributed by atoms with Gasteiger partial charge in [-0.3, -0.25) is 45.4 Å². The fourth-order valence-corrected chi connectivity index (χ4v) is 3.40. The first-order valence-electron chi connectivity index (χ1n) is 8.96. The molecule has 1 aliphatic heterocycles. The van der Waals surface area contributed by atoms with Crippen LogP contribution in [0.1, 0.15) is 17.0 Å². The minimum atomic E-state index is -1.14. The molecule has 1 heterocycles. The van der Waals surface area contributed by atoms with Crippen LogP contribution in [0.4, 0.5) is 22.7 Å². The maximum Gasteiger partial charge on any atom is 0.280 e. The Morgan fingerprint density at radius 2 is 1.28 bits per heavy atom. The Morgan fingerprint density at radius 1 is 0.812 bits per heavy atom. The summed E-state index contributed by atoms with van der Waals surface area (Å²) in [4.78, 5) is 44.1. The van der Waals surface area contributed by atoms with Crippen molar-refractivity contribution in [3.05, 3.63) is 112 Å². The molecular weight excluding hydrogens is 426 g/mol. The molecule has 0 amide bonds. The number of likely N-dealkylation sites (N-methyl/N-ethyl adjacent to an activating group) is 1. The van der Waals surface area contributed by atoms with Crippen molar-refractivity contribution >= 4 is 22.7 Å². The van der Waals surface area contributed by atoms with Gasteiger partial charge in [0.15, 0.2) is 6.20 Å². The van der Waals surface area contributed by atoms with E-state index in [4.69, 9.17) is 0 Å². The average Bonchev–Trinajstić information content (AvgIpc) is 2.73. The summed E-state index contributed by atoms with van der Waals surface area (Å²) in [6.07, 6.45) is 6.27. The number of nitro benzene ring substituents is 4. The zero-order valence-corrected chi connectivity index (χ0v) is 16.4. The fraction of sp³-hybridized carbons (Fsp3) is 0.158. The van der Waals surface area contributed by atoms with Gasteiger partial charge in [-0.1, -0.05) is 0 Å². The molecule has 2 aromatic rings. The van der Waals surface area contributed by atoms with E-state index in [-0.39, 0.29) is 11.1 Å². The van der Waals surface area contributed by atoms with Crippen LogP contribution in [-0.4, -0.2) is 38.2 Å². The van der Waals surface area contributed by atoms with Crippen molar-refractivity contribution in [2.24, 2.45) is 0 Å². The Balaban J connectivity index is 2.35. The van der Waals surface area contributed by atoms with Crippen LogP contribution in [0.25, 0.3) is 0 Å². The minimum Gasteiger partial charge on any atom is -0.258 e. The highest BCUT2D eigenvalue weighted by atomic mass is 16.6. The fourth-order valence-electron chi connectivity index (χ4n) is 3.40. The maximum absolute atomic E-state index is 11.7. The monoisotopic (exact) mass is 440 g/mol. The summed E-state index contributed by atoms with van der Waals surface area (Å²) < 4.78 is 0. The number of hydrogen-bond acceptors (Lipinski definition) is 9. The molecule has 0 radical (unpaired) electrons. The van der Waals surface area contributed by atoms with Crippen LogP contribution in [0.15, 0.2) is 54.1 Å². The van der Waals surface area contributed by atoms with Crippen LogP contribution in [0.2, 0.25) is 0 Å². The van der Waals surface area contributed by atoms with Gasteiger partial charge in [0.05, 0.1) is 50.4 Å². The first kappa shape index (κ1) is 21.9. The summed E-state index contributed by atoms with van der Waals surface area (Å²) in [5, 5.41) is 45.7. The second kappa shape index (κ2) is 8.53. The van der Waals surface area contributed by atoms with E-state index >= 15 is 0 Å². The SMILES string of the molecule is CN1[C+]=C(C(c2ccc([N+](=O)[O-])cc2[N+](=O)[O-])c2ccc([N+](=O)[O-])cc2[N+](=O)[O-])C=CC1. The van der Waals surface area contributed by atoms with Gasteiger partial charge >= 0.3 is 0 Å². The number of benzene rings is 2. The highest BCUT2D eigenvalue weighted by molar-refractivity contribution is 5.62. The summed E-state index contributed by atoms with van der Waals surface area (Å²) in [6.45, 7) is 0.473. The maximum atomic E-state index is 11.7. The van der Waals surface area contributed by atoms with E-state index < -0.39 is 48.4 Å². The number of non-ortho nitro benzene ring substituents is 2. The molecule has 0 bridgehead atoms. The Bertz CT molecular complexity index is 1130. The average molecular weight is 440 g/mol. The molecule has 3 rings (SSSR count). The van der Waals surface area contributed by atoms with Crippen LogP contribution in [0.5, 0.6) is 0 Å². The van der Waals surface area contributed by atoms with Gasteiger partial charge in [0.2, 0.25) is 5.57 Å². The Kier molecular flexibility index (Phi) is 5.85. The zero-order valence-electron chi connectivity index (χ0n) is 16.4.